The lowest BCUT2D eigenvalue weighted by atomic mass is 10.1. The summed E-state index contributed by atoms with van der Waals surface area (Å²) in [4.78, 5) is 11.4. The van der Waals surface area contributed by atoms with Crippen molar-refractivity contribution in [3.05, 3.63) is 33.8 Å². The van der Waals surface area contributed by atoms with E-state index in [1.54, 1.807) is 19.1 Å². The minimum atomic E-state index is -0.361. The summed E-state index contributed by atoms with van der Waals surface area (Å²) in [6.07, 6.45) is 0. The molecule has 0 aliphatic heterocycles. The molecule has 0 aliphatic rings. The molecule has 3 heteroatoms. The van der Waals surface area contributed by atoms with Gasteiger partial charge in [0.15, 0.2) is 0 Å². The molecule has 0 spiro atoms. The fourth-order valence-electron chi connectivity index (χ4n) is 1.15. The SMILES string of the molecule is CCOC(=O)c1cc(C)c(C)cc1Cl. The van der Waals surface area contributed by atoms with E-state index in [9.17, 15) is 4.79 Å². The van der Waals surface area contributed by atoms with E-state index in [0.717, 1.165) is 11.1 Å². The highest BCUT2D eigenvalue weighted by molar-refractivity contribution is 6.33. The summed E-state index contributed by atoms with van der Waals surface area (Å²) in [7, 11) is 0. The fraction of sp³-hybridized carbons (Fsp3) is 0.364. The van der Waals surface area contributed by atoms with E-state index in [0.29, 0.717) is 17.2 Å². The summed E-state index contributed by atoms with van der Waals surface area (Å²) in [6.45, 7) is 6.03. The number of esters is 1. The summed E-state index contributed by atoms with van der Waals surface area (Å²) in [5.74, 6) is -0.361. The van der Waals surface area contributed by atoms with Gasteiger partial charge in [0, 0.05) is 0 Å². The predicted octanol–water partition coefficient (Wildman–Crippen LogP) is 3.13. The zero-order chi connectivity index (χ0) is 10.7. The molecular formula is C11H13ClO2. The van der Waals surface area contributed by atoms with Gasteiger partial charge < -0.3 is 4.74 Å². The summed E-state index contributed by atoms with van der Waals surface area (Å²) in [5, 5.41) is 0.451. The number of hydrogen-bond acceptors (Lipinski definition) is 2. The quantitative estimate of drug-likeness (QED) is 0.704. The topological polar surface area (TPSA) is 26.3 Å². The van der Waals surface area contributed by atoms with Crippen molar-refractivity contribution < 1.29 is 9.53 Å². The van der Waals surface area contributed by atoms with Crippen molar-refractivity contribution >= 4 is 17.6 Å². The third-order valence-electron chi connectivity index (χ3n) is 2.08. The Morgan fingerprint density at radius 1 is 1.36 bits per heavy atom. The van der Waals surface area contributed by atoms with Crippen molar-refractivity contribution in [2.45, 2.75) is 20.8 Å². The number of carbonyl (C=O) groups is 1. The van der Waals surface area contributed by atoms with Crippen molar-refractivity contribution in [3.8, 4) is 0 Å². The number of carbonyl (C=O) groups excluding carboxylic acids is 1. The van der Waals surface area contributed by atoms with Gasteiger partial charge in [-0.1, -0.05) is 11.6 Å². The van der Waals surface area contributed by atoms with Crippen LogP contribution >= 0.6 is 11.6 Å². The van der Waals surface area contributed by atoms with Crippen molar-refractivity contribution in [2.75, 3.05) is 6.61 Å². The van der Waals surface area contributed by atoms with Crippen molar-refractivity contribution in [1.29, 1.82) is 0 Å². The summed E-state index contributed by atoms with van der Waals surface area (Å²) in [6, 6.07) is 3.54. The minimum absolute atomic E-state index is 0.361. The van der Waals surface area contributed by atoms with Crippen LogP contribution in [0.15, 0.2) is 12.1 Å². The lowest BCUT2D eigenvalue weighted by Crippen LogP contribution is -2.06. The lowest BCUT2D eigenvalue weighted by molar-refractivity contribution is 0.0526. The van der Waals surface area contributed by atoms with Crippen LogP contribution in [0.5, 0.6) is 0 Å². The zero-order valence-corrected chi connectivity index (χ0v) is 9.31. The molecule has 0 bridgehead atoms. The molecule has 0 saturated carbocycles. The monoisotopic (exact) mass is 212 g/mol. The van der Waals surface area contributed by atoms with Crippen molar-refractivity contribution in [3.63, 3.8) is 0 Å². The molecule has 76 valence electrons. The molecule has 0 radical (unpaired) electrons. The van der Waals surface area contributed by atoms with Gasteiger partial charge in [0.05, 0.1) is 17.2 Å². The zero-order valence-electron chi connectivity index (χ0n) is 8.56. The Kier molecular flexibility index (Phi) is 3.53. The van der Waals surface area contributed by atoms with E-state index in [-0.39, 0.29) is 5.97 Å². The maximum Gasteiger partial charge on any atom is 0.339 e. The highest BCUT2D eigenvalue weighted by Crippen LogP contribution is 2.21. The fourth-order valence-corrected chi connectivity index (χ4v) is 1.44. The molecule has 0 N–H and O–H groups in total. The number of hydrogen-bond donors (Lipinski definition) is 0. The Labute approximate surface area is 88.8 Å². The van der Waals surface area contributed by atoms with Gasteiger partial charge in [-0.05, 0) is 44.0 Å². The molecule has 1 aromatic carbocycles. The maximum absolute atomic E-state index is 11.4. The minimum Gasteiger partial charge on any atom is -0.462 e. The van der Waals surface area contributed by atoms with E-state index in [1.807, 2.05) is 13.8 Å². The number of rotatable bonds is 2. The van der Waals surface area contributed by atoms with Crippen LogP contribution in [0.1, 0.15) is 28.4 Å². The molecule has 0 aliphatic carbocycles. The molecule has 14 heavy (non-hydrogen) atoms. The summed E-state index contributed by atoms with van der Waals surface area (Å²) < 4.78 is 4.88. The Balaban J connectivity index is 3.09. The first-order chi connectivity index (χ1) is 6.56. The van der Waals surface area contributed by atoms with Gasteiger partial charge in [-0.3, -0.25) is 0 Å². The molecule has 0 saturated heterocycles. The Bertz CT molecular complexity index is 359. The number of ether oxygens (including phenoxy) is 1. The first kappa shape index (κ1) is 11.1. The smallest absolute Gasteiger partial charge is 0.339 e. The first-order valence-electron chi connectivity index (χ1n) is 4.50. The number of halogens is 1. The lowest BCUT2D eigenvalue weighted by Gasteiger charge is -2.07. The highest BCUT2D eigenvalue weighted by Gasteiger charge is 2.12. The van der Waals surface area contributed by atoms with Gasteiger partial charge in [0.2, 0.25) is 0 Å². The molecule has 0 unspecified atom stereocenters. The standard InChI is InChI=1S/C11H13ClO2/c1-4-14-11(13)9-5-7(2)8(3)6-10(9)12/h5-6H,4H2,1-3H3. The van der Waals surface area contributed by atoms with Crippen molar-refractivity contribution in [1.82, 2.24) is 0 Å². The van der Waals surface area contributed by atoms with E-state index in [1.165, 1.54) is 0 Å². The predicted molar refractivity (Wildman–Crippen MR) is 56.9 cm³/mol. The second-order valence-corrected chi connectivity index (χ2v) is 3.54. The van der Waals surface area contributed by atoms with Crippen LogP contribution in [0.4, 0.5) is 0 Å². The van der Waals surface area contributed by atoms with Crippen LogP contribution < -0.4 is 0 Å². The van der Waals surface area contributed by atoms with Crippen LogP contribution in [0.25, 0.3) is 0 Å². The van der Waals surface area contributed by atoms with Crippen LogP contribution in [-0.4, -0.2) is 12.6 Å². The largest absolute Gasteiger partial charge is 0.462 e. The normalized spacial score (nSPS) is 10.0. The van der Waals surface area contributed by atoms with Gasteiger partial charge in [-0.25, -0.2) is 4.79 Å². The molecule has 0 atom stereocenters. The Hall–Kier alpha value is -1.02. The van der Waals surface area contributed by atoms with Gasteiger partial charge >= 0.3 is 5.97 Å². The van der Waals surface area contributed by atoms with Gasteiger partial charge in [0.25, 0.3) is 0 Å². The summed E-state index contributed by atoms with van der Waals surface area (Å²) >= 11 is 5.93. The Morgan fingerprint density at radius 3 is 2.50 bits per heavy atom. The second-order valence-electron chi connectivity index (χ2n) is 3.14. The first-order valence-corrected chi connectivity index (χ1v) is 4.88. The van der Waals surface area contributed by atoms with Gasteiger partial charge in [0.1, 0.15) is 0 Å². The van der Waals surface area contributed by atoms with Crippen molar-refractivity contribution in [2.24, 2.45) is 0 Å². The van der Waals surface area contributed by atoms with E-state index < -0.39 is 0 Å². The average molecular weight is 213 g/mol. The third kappa shape index (κ3) is 2.26. The van der Waals surface area contributed by atoms with E-state index >= 15 is 0 Å². The third-order valence-corrected chi connectivity index (χ3v) is 2.39. The molecule has 2 nitrogen and oxygen atoms in total. The molecule has 0 fully saturated rings. The molecule has 0 amide bonds. The van der Waals surface area contributed by atoms with Crippen LogP contribution in [-0.2, 0) is 4.74 Å². The number of aryl methyl sites for hydroxylation is 2. The van der Waals surface area contributed by atoms with E-state index in [2.05, 4.69) is 0 Å². The summed E-state index contributed by atoms with van der Waals surface area (Å²) in [5.41, 5.74) is 2.55. The molecule has 1 rings (SSSR count). The Morgan fingerprint density at radius 2 is 1.93 bits per heavy atom. The molecular weight excluding hydrogens is 200 g/mol. The molecule has 0 aromatic heterocycles. The van der Waals surface area contributed by atoms with Gasteiger partial charge in [-0.15, -0.1) is 0 Å². The number of benzene rings is 1. The highest BCUT2D eigenvalue weighted by atomic mass is 35.5. The average Bonchev–Trinajstić information content (AvgIpc) is 2.11. The molecule has 0 heterocycles. The maximum atomic E-state index is 11.4. The second kappa shape index (κ2) is 4.47. The van der Waals surface area contributed by atoms with Crippen LogP contribution in [0, 0.1) is 13.8 Å². The van der Waals surface area contributed by atoms with Gasteiger partial charge in [-0.2, -0.15) is 0 Å². The van der Waals surface area contributed by atoms with Crippen LogP contribution in [0.2, 0.25) is 5.02 Å². The molecule has 1 aromatic rings. The van der Waals surface area contributed by atoms with Crippen LogP contribution in [0.3, 0.4) is 0 Å². The van der Waals surface area contributed by atoms with E-state index in [4.69, 9.17) is 16.3 Å².